The normalized spacial score (nSPS) is 22.5. The van der Waals surface area contributed by atoms with Gasteiger partial charge in [-0.25, -0.2) is 8.42 Å². The minimum Gasteiger partial charge on any atom is -0.335 e. The number of aryl methyl sites for hydroxylation is 1. The van der Waals surface area contributed by atoms with Crippen LogP contribution in [-0.4, -0.2) is 39.4 Å². The Bertz CT molecular complexity index is 824. The molecule has 2 aromatic rings. The lowest BCUT2D eigenvalue weighted by Gasteiger charge is -2.37. The van der Waals surface area contributed by atoms with Gasteiger partial charge in [-0.2, -0.15) is 4.31 Å². The molecule has 1 unspecified atom stereocenters. The number of benzene rings is 2. The Kier molecular flexibility index (Phi) is 5.11. The van der Waals surface area contributed by atoms with Gasteiger partial charge in [-0.05, 0) is 36.2 Å². The van der Waals surface area contributed by atoms with Crippen molar-refractivity contribution in [1.29, 1.82) is 0 Å². The molecular formula is C18H22BrN2O2S+. The van der Waals surface area contributed by atoms with Crippen LogP contribution in [0.2, 0.25) is 0 Å². The van der Waals surface area contributed by atoms with E-state index < -0.39 is 10.0 Å². The van der Waals surface area contributed by atoms with Gasteiger partial charge in [0.25, 0.3) is 0 Å². The van der Waals surface area contributed by atoms with Crippen molar-refractivity contribution in [3.63, 3.8) is 0 Å². The zero-order chi connectivity index (χ0) is 17.3. The van der Waals surface area contributed by atoms with E-state index in [9.17, 15) is 8.42 Å². The monoisotopic (exact) mass is 409 g/mol. The van der Waals surface area contributed by atoms with Gasteiger partial charge in [0.2, 0.25) is 10.0 Å². The standard InChI is InChI=1S/C18H21BrN2O2S/c1-14-12-16(8-9-17(14)19)24(22,23)21-11-10-20(2)13-18(21)15-6-4-3-5-7-15/h3-9,12,18H,10-11,13H2,1-2H3/p+1/t18-/m1/s1. The molecule has 24 heavy (non-hydrogen) atoms. The topological polar surface area (TPSA) is 41.8 Å². The summed E-state index contributed by atoms with van der Waals surface area (Å²) >= 11 is 3.44. The van der Waals surface area contributed by atoms with E-state index in [1.807, 2.05) is 37.3 Å². The molecule has 1 aliphatic rings. The van der Waals surface area contributed by atoms with Gasteiger partial charge in [-0.3, -0.25) is 0 Å². The average molecular weight is 410 g/mol. The number of halogens is 1. The number of nitrogens with zero attached hydrogens (tertiary/aromatic N) is 1. The Balaban J connectivity index is 2.02. The summed E-state index contributed by atoms with van der Waals surface area (Å²) in [5.41, 5.74) is 1.97. The first-order valence-corrected chi connectivity index (χ1v) is 10.3. The van der Waals surface area contributed by atoms with Gasteiger partial charge < -0.3 is 4.90 Å². The van der Waals surface area contributed by atoms with Crippen molar-refractivity contribution < 1.29 is 13.3 Å². The predicted octanol–water partition coefficient (Wildman–Crippen LogP) is 2.02. The van der Waals surface area contributed by atoms with E-state index in [0.29, 0.717) is 11.4 Å². The van der Waals surface area contributed by atoms with Crippen molar-refractivity contribution in [3.8, 4) is 0 Å². The lowest BCUT2D eigenvalue weighted by atomic mass is 10.1. The second kappa shape index (κ2) is 6.96. The van der Waals surface area contributed by atoms with Crippen molar-refractivity contribution >= 4 is 26.0 Å². The number of piperazine rings is 1. The molecule has 1 N–H and O–H groups in total. The summed E-state index contributed by atoms with van der Waals surface area (Å²) < 4.78 is 29.1. The first kappa shape index (κ1) is 17.6. The molecular weight excluding hydrogens is 388 g/mol. The van der Waals surface area contributed by atoms with Crippen LogP contribution in [0.4, 0.5) is 0 Å². The summed E-state index contributed by atoms with van der Waals surface area (Å²) in [7, 11) is -1.41. The fourth-order valence-corrected chi connectivity index (χ4v) is 5.10. The van der Waals surface area contributed by atoms with Crippen LogP contribution in [0.25, 0.3) is 0 Å². The van der Waals surface area contributed by atoms with Gasteiger partial charge in [0.15, 0.2) is 0 Å². The first-order chi connectivity index (χ1) is 11.4. The highest BCUT2D eigenvalue weighted by Gasteiger charge is 2.38. The minimum absolute atomic E-state index is 0.131. The fraction of sp³-hybridized carbons (Fsp3) is 0.333. The maximum Gasteiger partial charge on any atom is 0.244 e. The summed E-state index contributed by atoms with van der Waals surface area (Å²) in [6, 6.07) is 15.0. The van der Waals surface area contributed by atoms with Gasteiger partial charge in [-0.15, -0.1) is 0 Å². The molecule has 2 atom stereocenters. The van der Waals surface area contributed by atoms with Gasteiger partial charge in [0, 0.05) is 4.47 Å². The number of nitrogens with one attached hydrogen (secondary N) is 1. The number of rotatable bonds is 3. The third-order valence-electron chi connectivity index (χ3n) is 4.57. The zero-order valence-corrected chi connectivity index (χ0v) is 16.3. The number of hydrogen-bond donors (Lipinski definition) is 1. The van der Waals surface area contributed by atoms with Gasteiger partial charge in [-0.1, -0.05) is 46.3 Å². The summed E-state index contributed by atoms with van der Waals surface area (Å²) in [6.07, 6.45) is 0. The highest BCUT2D eigenvalue weighted by Crippen LogP contribution is 2.29. The molecule has 1 saturated heterocycles. The maximum atomic E-state index is 13.2. The molecule has 0 aromatic heterocycles. The van der Waals surface area contributed by atoms with Gasteiger partial charge in [0.1, 0.15) is 0 Å². The maximum absolute atomic E-state index is 13.2. The number of sulfonamides is 1. The zero-order valence-electron chi connectivity index (χ0n) is 13.9. The molecule has 0 aliphatic carbocycles. The quantitative estimate of drug-likeness (QED) is 0.842. The fourth-order valence-electron chi connectivity index (χ4n) is 3.15. The van der Waals surface area contributed by atoms with Crippen LogP contribution in [0.1, 0.15) is 17.2 Å². The van der Waals surface area contributed by atoms with Crippen LogP contribution < -0.4 is 4.90 Å². The second-order valence-corrected chi connectivity index (χ2v) is 9.11. The third kappa shape index (κ3) is 3.42. The Morgan fingerprint density at radius 2 is 1.88 bits per heavy atom. The summed E-state index contributed by atoms with van der Waals surface area (Å²) in [5.74, 6) is 0. The highest BCUT2D eigenvalue weighted by atomic mass is 79.9. The smallest absolute Gasteiger partial charge is 0.244 e. The van der Waals surface area contributed by atoms with E-state index in [1.165, 1.54) is 4.90 Å². The molecule has 0 saturated carbocycles. The molecule has 3 rings (SSSR count). The summed E-state index contributed by atoms with van der Waals surface area (Å²) in [6.45, 7) is 4.03. The van der Waals surface area contributed by atoms with Crippen LogP contribution in [0, 0.1) is 6.92 Å². The molecule has 1 fully saturated rings. The highest BCUT2D eigenvalue weighted by molar-refractivity contribution is 9.10. The van der Waals surface area contributed by atoms with Crippen LogP contribution in [0.3, 0.4) is 0 Å². The molecule has 1 aliphatic heterocycles. The Hall–Kier alpha value is -1.21. The van der Waals surface area contributed by atoms with Crippen molar-refractivity contribution in [1.82, 2.24) is 4.31 Å². The first-order valence-electron chi connectivity index (χ1n) is 8.04. The molecule has 6 heteroatoms. The Labute approximate surface area is 152 Å². The predicted molar refractivity (Wildman–Crippen MR) is 98.6 cm³/mol. The lowest BCUT2D eigenvalue weighted by molar-refractivity contribution is -0.887. The molecule has 0 radical (unpaired) electrons. The van der Waals surface area contributed by atoms with Gasteiger partial charge in [0.05, 0.1) is 37.6 Å². The lowest BCUT2D eigenvalue weighted by Crippen LogP contribution is -3.12. The third-order valence-corrected chi connectivity index (χ3v) is 7.36. The van der Waals surface area contributed by atoms with E-state index in [0.717, 1.165) is 28.7 Å². The minimum atomic E-state index is -3.52. The number of likely N-dealkylation sites (N-methyl/N-ethyl adjacent to an activating group) is 1. The van der Waals surface area contributed by atoms with E-state index >= 15 is 0 Å². The molecule has 0 bridgehead atoms. The molecule has 128 valence electrons. The van der Waals surface area contributed by atoms with Crippen molar-refractivity contribution in [3.05, 3.63) is 64.1 Å². The van der Waals surface area contributed by atoms with Crippen molar-refractivity contribution in [2.45, 2.75) is 17.9 Å². The number of hydrogen-bond acceptors (Lipinski definition) is 2. The molecule has 4 nitrogen and oxygen atoms in total. The summed E-state index contributed by atoms with van der Waals surface area (Å²) in [4.78, 5) is 1.71. The molecule has 2 aromatic carbocycles. The Morgan fingerprint density at radius 1 is 1.17 bits per heavy atom. The largest absolute Gasteiger partial charge is 0.335 e. The van der Waals surface area contributed by atoms with E-state index in [2.05, 4.69) is 23.0 Å². The molecule has 0 spiro atoms. The van der Waals surface area contributed by atoms with Crippen LogP contribution in [-0.2, 0) is 10.0 Å². The van der Waals surface area contributed by atoms with E-state index in [-0.39, 0.29) is 6.04 Å². The molecule has 0 amide bonds. The van der Waals surface area contributed by atoms with Gasteiger partial charge >= 0.3 is 0 Å². The average Bonchev–Trinajstić information content (AvgIpc) is 2.57. The van der Waals surface area contributed by atoms with Crippen LogP contribution in [0.15, 0.2) is 57.9 Å². The summed E-state index contributed by atoms with van der Waals surface area (Å²) in [5, 5.41) is 0. The van der Waals surface area contributed by atoms with Crippen LogP contribution >= 0.6 is 15.9 Å². The Morgan fingerprint density at radius 3 is 2.54 bits per heavy atom. The second-order valence-electron chi connectivity index (χ2n) is 6.36. The van der Waals surface area contributed by atoms with Crippen molar-refractivity contribution in [2.24, 2.45) is 0 Å². The molecule has 1 heterocycles. The van der Waals surface area contributed by atoms with Crippen molar-refractivity contribution in [2.75, 3.05) is 26.7 Å². The van der Waals surface area contributed by atoms with E-state index in [1.54, 1.807) is 22.5 Å². The van der Waals surface area contributed by atoms with E-state index in [4.69, 9.17) is 0 Å². The van der Waals surface area contributed by atoms with Crippen LogP contribution in [0.5, 0.6) is 0 Å². The SMILES string of the molecule is Cc1cc(S(=O)(=O)N2CC[NH+](C)C[C@@H]2c2ccccc2)ccc1Br. The number of quaternary nitrogens is 1.